The van der Waals surface area contributed by atoms with E-state index in [4.69, 9.17) is 26.6 Å². The zero-order valence-corrected chi connectivity index (χ0v) is 22.7. The smallest absolute Gasteiger partial charge is 0.164 e. The molecule has 0 aliphatic heterocycles. The largest absolute Gasteiger partial charge is 0.208 e. The van der Waals surface area contributed by atoms with Crippen molar-refractivity contribution in [2.75, 3.05) is 0 Å². The van der Waals surface area contributed by atoms with Crippen molar-refractivity contribution in [2.24, 2.45) is 0 Å². The predicted octanol–water partition coefficient (Wildman–Crippen LogP) is 10.2. The van der Waals surface area contributed by atoms with Gasteiger partial charge >= 0.3 is 0 Å². The van der Waals surface area contributed by atoms with E-state index in [2.05, 4.69) is 97.1 Å². The van der Waals surface area contributed by atoms with Crippen LogP contribution in [-0.4, -0.2) is 15.0 Å². The van der Waals surface area contributed by atoms with Crippen LogP contribution >= 0.6 is 22.9 Å². The highest BCUT2D eigenvalue weighted by Gasteiger charge is 2.17. The molecule has 0 aliphatic rings. The summed E-state index contributed by atoms with van der Waals surface area (Å²) in [6.45, 7) is 0. The van der Waals surface area contributed by atoms with Crippen molar-refractivity contribution in [3.63, 3.8) is 0 Å². The highest BCUT2D eigenvalue weighted by molar-refractivity contribution is 7.25. The first-order chi connectivity index (χ1) is 19.7. The molecule has 0 unspecified atom stereocenters. The molecule has 8 aromatic rings. The third kappa shape index (κ3) is 3.84. The van der Waals surface area contributed by atoms with E-state index in [1.165, 1.54) is 36.3 Å². The zero-order valence-electron chi connectivity index (χ0n) is 21.2. The average molecular weight is 550 g/mol. The van der Waals surface area contributed by atoms with E-state index in [1.54, 1.807) is 11.3 Å². The molecule has 6 aromatic carbocycles. The lowest BCUT2D eigenvalue weighted by molar-refractivity contribution is 1.08. The molecule has 5 heteroatoms. The second-order valence-corrected chi connectivity index (χ2v) is 11.3. The molecule has 0 radical (unpaired) electrons. The lowest BCUT2D eigenvalue weighted by atomic mass is 10.00. The first-order valence-electron chi connectivity index (χ1n) is 13.1. The lowest BCUT2D eigenvalue weighted by Crippen LogP contribution is -2.00. The minimum atomic E-state index is 0.595. The molecular formula is C35H20ClN3S. The summed E-state index contributed by atoms with van der Waals surface area (Å²) >= 11 is 8.17. The van der Waals surface area contributed by atoms with E-state index in [1.807, 2.05) is 24.3 Å². The van der Waals surface area contributed by atoms with E-state index in [9.17, 15) is 0 Å². The summed E-state index contributed by atoms with van der Waals surface area (Å²) < 4.78 is 2.46. The van der Waals surface area contributed by atoms with Crippen molar-refractivity contribution in [3.8, 4) is 34.2 Å². The zero-order chi connectivity index (χ0) is 26.6. The maximum absolute atomic E-state index is 6.38. The Morgan fingerprint density at radius 3 is 2.02 bits per heavy atom. The first kappa shape index (κ1) is 23.3. The summed E-state index contributed by atoms with van der Waals surface area (Å²) in [5.74, 6) is 1.87. The monoisotopic (exact) mass is 549 g/mol. The molecule has 0 N–H and O–H groups in total. The van der Waals surface area contributed by atoms with E-state index < -0.39 is 0 Å². The summed E-state index contributed by atoms with van der Waals surface area (Å²) in [5.41, 5.74) is 2.79. The lowest BCUT2D eigenvalue weighted by Gasteiger charge is -2.11. The number of fused-ring (bicyclic) bond motifs is 6. The predicted molar refractivity (Wildman–Crippen MR) is 169 cm³/mol. The van der Waals surface area contributed by atoms with Crippen LogP contribution in [0.5, 0.6) is 0 Å². The molecule has 2 aromatic heterocycles. The number of halogens is 1. The molecule has 0 fully saturated rings. The normalized spacial score (nSPS) is 11.6. The number of hydrogen-bond donors (Lipinski definition) is 0. The minimum absolute atomic E-state index is 0.595. The van der Waals surface area contributed by atoms with Gasteiger partial charge in [0.05, 0.1) is 0 Å². The van der Waals surface area contributed by atoms with Crippen molar-refractivity contribution in [3.05, 3.63) is 126 Å². The molecule has 8 rings (SSSR count). The molecule has 0 atom stereocenters. The summed E-state index contributed by atoms with van der Waals surface area (Å²) in [6, 6.07) is 41.8. The van der Waals surface area contributed by atoms with Gasteiger partial charge in [-0.1, -0.05) is 103 Å². The van der Waals surface area contributed by atoms with Crippen molar-refractivity contribution < 1.29 is 0 Å². The van der Waals surface area contributed by atoms with Gasteiger partial charge < -0.3 is 0 Å². The molecule has 0 spiro atoms. The van der Waals surface area contributed by atoms with Crippen molar-refractivity contribution in [1.29, 1.82) is 0 Å². The van der Waals surface area contributed by atoms with Gasteiger partial charge in [0.1, 0.15) is 0 Å². The van der Waals surface area contributed by atoms with Gasteiger partial charge in [0.15, 0.2) is 17.5 Å². The minimum Gasteiger partial charge on any atom is -0.208 e. The average Bonchev–Trinajstić information content (AvgIpc) is 3.39. The van der Waals surface area contributed by atoms with Crippen LogP contribution in [-0.2, 0) is 0 Å². The molecule has 0 bridgehead atoms. The van der Waals surface area contributed by atoms with Gasteiger partial charge in [0.2, 0.25) is 0 Å². The van der Waals surface area contributed by atoms with Crippen molar-refractivity contribution >= 4 is 64.7 Å². The van der Waals surface area contributed by atoms with Crippen LogP contribution in [0.2, 0.25) is 5.02 Å². The van der Waals surface area contributed by atoms with Gasteiger partial charge in [-0.15, -0.1) is 11.3 Å². The number of rotatable bonds is 3. The van der Waals surface area contributed by atoms with Crippen LogP contribution in [0.25, 0.3) is 75.9 Å². The Bertz CT molecular complexity index is 2250. The van der Waals surface area contributed by atoms with Gasteiger partial charge in [0, 0.05) is 41.9 Å². The quantitative estimate of drug-likeness (QED) is 0.206. The van der Waals surface area contributed by atoms with Crippen LogP contribution in [0, 0.1) is 0 Å². The Morgan fingerprint density at radius 1 is 0.475 bits per heavy atom. The number of aromatic nitrogens is 3. The Morgan fingerprint density at radius 2 is 1.15 bits per heavy atom. The van der Waals surface area contributed by atoms with E-state index >= 15 is 0 Å². The summed E-state index contributed by atoms with van der Waals surface area (Å²) in [6.07, 6.45) is 0. The van der Waals surface area contributed by atoms with Crippen molar-refractivity contribution in [1.82, 2.24) is 15.0 Å². The van der Waals surface area contributed by atoms with Gasteiger partial charge in [-0.25, -0.2) is 15.0 Å². The molecule has 0 saturated carbocycles. The maximum atomic E-state index is 6.38. The fourth-order valence-corrected chi connectivity index (χ4v) is 6.82. The molecule has 188 valence electrons. The molecule has 0 aliphatic carbocycles. The van der Waals surface area contributed by atoms with E-state index in [-0.39, 0.29) is 0 Å². The fourth-order valence-electron chi connectivity index (χ4n) is 5.50. The fraction of sp³-hybridized carbons (Fsp3) is 0. The van der Waals surface area contributed by atoms with E-state index in [0.29, 0.717) is 22.5 Å². The molecule has 2 heterocycles. The van der Waals surface area contributed by atoms with Crippen molar-refractivity contribution in [2.45, 2.75) is 0 Å². The maximum Gasteiger partial charge on any atom is 0.164 e. The van der Waals surface area contributed by atoms with E-state index in [0.717, 1.165) is 22.1 Å². The summed E-state index contributed by atoms with van der Waals surface area (Å²) in [7, 11) is 0. The van der Waals surface area contributed by atoms with Crippen LogP contribution < -0.4 is 0 Å². The molecule has 40 heavy (non-hydrogen) atoms. The summed E-state index contributed by atoms with van der Waals surface area (Å²) in [5, 5.41) is 7.84. The number of hydrogen-bond acceptors (Lipinski definition) is 4. The third-order valence-corrected chi connectivity index (χ3v) is 8.74. The first-order valence-corrected chi connectivity index (χ1v) is 14.3. The number of benzene rings is 6. The van der Waals surface area contributed by atoms with Crippen LogP contribution in [0.15, 0.2) is 121 Å². The molecular weight excluding hydrogens is 530 g/mol. The molecule has 0 amide bonds. The Labute approximate surface area is 239 Å². The highest BCUT2D eigenvalue weighted by Crippen LogP contribution is 2.40. The van der Waals surface area contributed by atoms with Gasteiger partial charge in [0.25, 0.3) is 0 Å². The Kier molecular flexibility index (Phi) is 5.37. The third-order valence-electron chi connectivity index (χ3n) is 7.36. The number of thiophene rings is 1. The van der Waals surface area contributed by atoms with Gasteiger partial charge in [-0.3, -0.25) is 0 Å². The highest BCUT2D eigenvalue weighted by atomic mass is 35.5. The van der Waals surface area contributed by atoms with Crippen LogP contribution in [0.3, 0.4) is 0 Å². The van der Waals surface area contributed by atoms with Crippen LogP contribution in [0.4, 0.5) is 0 Å². The standard InChI is InChI=1S/C35H20ClN3S/c36-25-9-5-8-23(20-25)33-37-34(24-17-18-27-22(19-24)16-15-21-7-1-2-10-26(21)27)39-35(38-33)29-12-6-14-31-32(29)28-11-3-4-13-30(28)40-31/h1-20H. The van der Waals surface area contributed by atoms with Gasteiger partial charge in [-0.05, 0) is 51.9 Å². The van der Waals surface area contributed by atoms with Crippen LogP contribution in [0.1, 0.15) is 0 Å². The van der Waals surface area contributed by atoms with Gasteiger partial charge in [-0.2, -0.15) is 0 Å². The number of nitrogens with zero attached hydrogens (tertiary/aromatic N) is 3. The molecule has 0 saturated heterocycles. The second kappa shape index (κ2) is 9.23. The summed E-state index contributed by atoms with van der Waals surface area (Å²) in [4.78, 5) is 15.0. The Balaban J connectivity index is 1.39. The molecule has 3 nitrogen and oxygen atoms in total. The topological polar surface area (TPSA) is 38.7 Å². The SMILES string of the molecule is Clc1cccc(-c2nc(-c3ccc4c(ccc5ccccc54)c3)nc(-c3cccc4sc5ccccc5c34)n2)c1. The second-order valence-electron chi connectivity index (χ2n) is 9.82. The Hall–Kier alpha value is -4.64.